The monoisotopic (exact) mass is 382 g/mol. The average molecular weight is 383 g/mol. The van der Waals surface area contributed by atoms with Crippen molar-refractivity contribution in [2.24, 2.45) is 5.92 Å². The maximum absolute atomic E-state index is 13.1. The van der Waals surface area contributed by atoms with E-state index in [1.807, 2.05) is 18.2 Å². The van der Waals surface area contributed by atoms with Gasteiger partial charge in [-0.1, -0.05) is 13.8 Å². The van der Waals surface area contributed by atoms with E-state index in [1.165, 1.54) is 0 Å². The number of halogens is 1. The van der Waals surface area contributed by atoms with Gasteiger partial charge in [-0.2, -0.15) is 0 Å². The SMILES string of the molecule is COc1cc(C(=O)N2C3CCNCC2CC3)ccc1OCCC(C)C.Cl. The molecule has 0 spiro atoms. The minimum atomic E-state index is 0. The first-order valence-corrected chi connectivity index (χ1v) is 9.44. The van der Waals surface area contributed by atoms with E-state index in [1.54, 1.807) is 7.11 Å². The van der Waals surface area contributed by atoms with Gasteiger partial charge in [-0.3, -0.25) is 4.79 Å². The lowest BCUT2D eigenvalue weighted by molar-refractivity contribution is 0.0680. The molecule has 0 saturated carbocycles. The van der Waals surface area contributed by atoms with Gasteiger partial charge in [0, 0.05) is 24.2 Å². The lowest BCUT2D eigenvalue weighted by Gasteiger charge is -2.28. The molecule has 6 heteroatoms. The minimum absolute atomic E-state index is 0. The van der Waals surface area contributed by atoms with Gasteiger partial charge in [-0.15, -0.1) is 12.4 Å². The third-order valence-electron chi connectivity index (χ3n) is 5.25. The molecule has 2 saturated heterocycles. The van der Waals surface area contributed by atoms with Crippen LogP contribution in [0.25, 0.3) is 0 Å². The number of hydrogen-bond donors (Lipinski definition) is 1. The molecule has 2 aliphatic heterocycles. The number of amides is 1. The van der Waals surface area contributed by atoms with Crippen molar-refractivity contribution in [1.82, 2.24) is 10.2 Å². The zero-order chi connectivity index (χ0) is 17.8. The summed E-state index contributed by atoms with van der Waals surface area (Å²) < 4.78 is 11.3. The van der Waals surface area contributed by atoms with Gasteiger partial charge < -0.3 is 19.7 Å². The molecule has 146 valence electrons. The summed E-state index contributed by atoms with van der Waals surface area (Å²) in [6.07, 6.45) is 4.24. The van der Waals surface area contributed by atoms with Crippen molar-refractivity contribution in [3.05, 3.63) is 23.8 Å². The molecule has 0 radical (unpaired) electrons. The summed E-state index contributed by atoms with van der Waals surface area (Å²) >= 11 is 0. The van der Waals surface area contributed by atoms with Gasteiger partial charge in [0.05, 0.1) is 13.7 Å². The molecule has 5 nitrogen and oxygen atoms in total. The zero-order valence-electron chi connectivity index (χ0n) is 16.0. The molecule has 2 atom stereocenters. The fourth-order valence-electron chi connectivity index (χ4n) is 3.79. The van der Waals surface area contributed by atoms with E-state index < -0.39 is 0 Å². The molecule has 2 fully saturated rings. The fraction of sp³-hybridized carbons (Fsp3) is 0.650. The van der Waals surface area contributed by atoms with Gasteiger partial charge in [-0.05, 0) is 56.3 Å². The van der Waals surface area contributed by atoms with Crippen LogP contribution in [0.4, 0.5) is 0 Å². The largest absolute Gasteiger partial charge is 0.493 e. The van der Waals surface area contributed by atoms with Crippen molar-refractivity contribution in [3.63, 3.8) is 0 Å². The van der Waals surface area contributed by atoms with E-state index in [9.17, 15) is 4.79 Å². The molecule has 1 N–H and O–H groups in total. The fourth-order valence-corrected chi connectivity index (χ4v) is 3.79. The molecule has 26 heavy (non-hydrogen) atoms. The molecule has 2 aliphatic rings. The van der Waals surface area contributed by atoms with Gasteiger partial charge >= 0.3 is 0 Å². The van der Waals surface area contributed by atoms with Crippen molar-refractivity contribution in [2.45, 2.75) is 51.6 Å². The van der Waals surface area contributed by atoms with Crippen LogP contribution >= 0.6 is 12.4 Å². The summed E-state index contributed by atoms with van der Waals surface area (Å²) in [6, 6.07) is 6.23. The number of nitrogens with zero attached hydrogens (tertiary/aromatic N) is 1. The quantitative estimate of drug-likeness (QED) is 0.818. The molecule has 2 heterocycles. The first-order chi connectivity index (χ1) is 12.1. The summed E-state index contributed by atoms with van der Waals surface area (Å²) in [7, 11) is 1.62. The number of benzene rings is 1. The number of hydrogen-bond acceptors (Lipinski definition) is 4. The number of rotatable bonds is 6. The number of fused-ring (bicyclic) bond motifs is 2. The predicted molar refractivity (Wildman–Crippen MR) is 106 cm³/mol. The second-order valence-electron chi connectivity index (χ2n) is 7.49. The lowest BCUT2D eigenvalue weighted by atomic mass is 10.1. The van der Waals surface area contributed by atoms with Crippen molar-refractivity contribution in [2.75, 3.05) is 26.8 Å². The van der Waals surface area contributed by atoms with Crippen LogP contribution in [0.3, 0.4) is 0 Å². The van der Waals surface area contributed by atoms with Gasteiger partial charge in [0.2, 0.25) is 0 Å². The second-order valence-corrected chi connectivity index (χ2v) is 7.49. The Balaban J connectivity index is 0.00000243. The number of ether oxygens (including phenoxy) is 2. The normalized spacial score (nSPS) is 21.9. The third-order valence-corrected chi connectivity index (χ3v) is 5.25. The molecule has 0 aliphatic carbocycles. The van der Waals surface area contributed by atoms with Gasteiger partial charge in [0.1, 0.15) is 0 Å². The van der Waals surface area contributed by atoms with E-state index in [4.69, 9.17) is 9.47 Å². The van der Waals surface area contributed by atoms with Crippen LogP contribution in [0.2, 0.25) is 0 Å². The number of nitrogens with one attached hydrogen (secondary N) is 1. The first kappa shape index (κ1) is 20.8. The van der Waals surface area contributed by atoms with Gasteiger partial charge in [0.15, 0.2) is 11.5 Å². The Labute approximate surface area is 162 Å². The van der Waals surface area contributed by atoms with Crippen LogP contribution in [-0.4, -0.2) is 49.7 Å². The Morgan fingerprint density at radius 3 is 2.73 bits per heavy atom. The average Bonchev–Trinajstić information content (AvgIpc) is 2.86. The summed E-state index contributed by atoms with van der Waals surface area (Å²) in [5.41, 5.74) is 0.687. The molecule has 2 bridgehead atoms. The van der Waals surface area contributed by atoms with Crippen LogP contribution in [0.5, 0.6) is 11.5 Å². The van der Waals surface area contributed by atoms with E-state index in [2.05, 4.69) is 24.1 Å². The summed E-state index contributed by atoms with van der Waals surface area (Å²) in [5.74, 6) is 2.05. The topological polar surface area (TPSA) is 50.8 Å². The highest BCUT2D eigenvalue weighted by Crippen LogP contribution is 2.33. The molecule has 1 aromatic carbocycles. The summed E-state index contributed by atoms with van der Waals surface area (Å²) in [4.78, 5) is 15.2. The van der Waals surface area contributed by atoms with Crippen LogP contribution in [0.15, 0.2) is 18.2 Å². The first-order valence-electron chi connectivity index (χ1n) is 9.44. The van der Waals surface area contributed by atoms with Crippen molar-refractivity contribution < 1.29 is 14.3 Å². The van der Waals surface area contributed by atoms with Crippen LogP contribution in [0, 0.1) is 5.92 Å². The second kappa shape index (κ2) is 9.47. The third kappa shape index (κ3) is 4.63. The maximum Gasteiger partial charge on any atom is 0.254 e. The Hall–Kier alpha value is -1.46. The summed E-state index contributed by atoms with van der Waals surface area (Å²) in [5, 5.41) is 3.44. The maximum atomic E-state index is 13.1. The lowest BCUT2D eigenvalue weighted by Crippen LogP contribution is -2.42. The Kier molecular flexibility index (Phi) is 7.59. The van der Waals surface area contributed by atoms with Crippen LogP contribution in [-0.2, 0) is 0 Å². The van der Waals surface area contributed by atoms with Crippen LogP contribution < -0.4 is 14.8 Å². The van der Waals surface area contributed by atoms with E-state index in [0.29, 0.717) is 41.7 Å². The highest BCUT2D eigenvalue weighted by Gasteiger charge is 2.38. The van der Waals surface area contributed by atoms with Crippen molar-refractivity contribution in [1.29, 1.82) is 0 Å². The van der Waals surface area contributed by atoms with E-state index in [-0.39, 0.29) is 18.3 Å². The molecule has 3 rings (SSSR count). The van der Waals surface area contributed by atoms with E-state index >= 15 is 0 Å². The number of carbonyl (C=O) groups excluding carboxylic acids is 1. The van der Waals surface area contributed by atoms with Gasteiger partial charge in [0.25, 0.3) is 5.91 Å². The van der Waals surface area contributed by atoms with Crippen LogP contribution in [0.1, 0.15) is 49.9 Å². The molecule has 2 unspecified atom stereocenters. The Morgan fingerprint density at radius 2 is 2.00 bits per heavy atom. The number of methoxy groups -OCH3 is 1. The standard InChI is InChI=1S/C20H30N2O3.ClH/c1-14(2)9-11-25-18-7-4-15(12-19(18)24-3)20(23)22-16-5-6-17(22)13-21-10-8-16;/h4,7,12,14,16-17,21H,5-6,8-11,13H2,1-3H3;1H. The molecule has 1 aromatic rings. The van der Waals surface area contributed by atoms with E-state index in [0.717, 1.165) is 38.8 Å². The Bertz CT molecular complexity index is 595. The molecular weight excluding hydrogens is 352 g/mol. The zero-order valence-corrected chi connectivity index (χ0v) is 16.8. The highest BCUT2D eigenvalue weighted by atomic mass is 35.5. The Morgan fingerprint density at radius 1 is 1.23 bits per heavy atom. The summed E-state index contributed by atoms with van der Waals surface area (Å²) in [6.45, 7) is 6.90. The molecule has 1 amide bonds. The number of carbonyl (C=O) groups is 1. The predicted octanol–water partition coefficient (Wildman–Crippen LogP) is 3.51. The van der Waals surface area contributed by atoms with Crippen molar-refractivity contribution >= 4 is 18.3 Å². The van der Waals surface area contributed by atoms with Gasteiger partial charge in [-0.25, -0.2) is 0 Å². The smallest absolute Gasteiger partial charge is 0.254 e. The minimum Gasteiger partial charge on any atom is -0.493 e. The molecule has 0 aromatic heterocycles. The molecular formula is C20H31ClN2O3. The van der Waals surface area contributed by atoms with Crippen molar-refractivity contribution in [3.8, 4) is 11.5 Å². The highest BCUT2D eigenvalue weighted by molar-refractivity contribution is 5.95.